The molecule has 1 fully saturated rings. The first kappa shape index (κ1) is 26.4. The summed E-state index contributed by atoms with van der Waals surface area (Å²) in [7, 11) is 2.12. The summed E-state index contributed by atoms with van der Waals surface area (Å²) in [6, 6.07) is 27.6. The van der Waals surface area contributed by atoms with Crippen LogP contribution in [-0.4, -0.2) is 22.7 Å². The van der Waals surface area contributed by atoms with Crippen molar-refractivity contribution < 1.29 is 4.74 Å². The van der Waals surface area contributed by atoms with Gasteiger partial charge in [0.25, 0.3) is 0 Å². The molecule has 4 aromatic rings. The molecular weight excluding hydrogens is 536 g/mol. The Hall–Kier alpha value is -3.87. The number of likely N-dealkylation sites (N-methyl/N-ethyl adjacent to an activating group) is 1. The first-order chi connectivity index (χ1) is 19.2. The van der Waals surface area contributed by atoms with Crippen molar-refractivity contribution in [2.45, 2.75) is 38.4 Å². The maximum atomic E-state index is 7.13. The summed E-state index contributed by atoms with van der Waals surface area (Å²) in [5, 5.41) is 4.86. The van der Waals surface area contributed by atoms with Crippen LogP contribution < -0.4 is 19.9 Å². The molecule has 2 aliphatic rings. The largest absolute Gasteiger partial charge is 0.457 e. The molecule has 1 saturated heterocycles. The molecule has 202 valence electrons. The lowest BCUT2D eigenvalue weighted by Gasteiger charge is -2.41. The average Bonchev–Trinajstić information content (AvgIpc) is 3.29. The van der Waals surface area contributed by atoms with Crippen LogP contribution in [-0.2, 0) is 0 Å². The van der Waals surface area contributed by atoms with Crippen LogP contribution in [0.2, 0.25) is 5.02 Å². The van der Waals surface area contributed by atoms with Gasteiger partial charge in [0.05, 0.1) is 23.3 Å². The van der Waals surface area contributed by atoms with Crippen LogP contribution in [0.5, 0.6) is 11.5 Å². The summed E-state index contributed by atoms with van der Waals surface area (Å²) in [6.45, 7) is 6.59. The van der Waals surface area contributed by atoms with Gasteiger partial charge < -0.3 is 19.9 Å². The van der Waals surface area contributed by atoms with Gasteiger partial charge in [-0.3, -0.25) is 4.98 Å². The molecule has 1 aromatic heterocycles. The molecule has 1 N–H and O–H groups in total. The second-order valence-corrected chi connectivity index (χ2v) is 11.6. The van der Waals surface area contributed by atoms with Crippen LogP contribution in [0, 0.1) is 0 Å². The van der Waals surface area contributed by atoms with Crippen molar-refractivity contribution in [1.82, 2.24) is 10.3 Å². The van der Waals surface area contributed by atoms with Crippen LogP contribution in [0.15, 0.2) is 97.2 Å². The monoisotopic (exact) mass is 566 g/mol. The van der Waals surface area contributed by atoms with Gasteiger partial charge in [-0.2, -0.15) is 0 Å². The molecule has 40 heavy (non-hydrogen) atoms. The van der Waals surface area contributed by atoms with E-state index in [2.05, 4.69) is 61.1 Å². The van der Waals surface area contributed by atoms with Gasteiger partial charge in [-0.1, -0.05) is 41.9 Å². The van der Waals surface area contributed by atoms with Crippen molar-refractivity contribution in [3.8, 4) is 11.5 Å². The van der Waals surface area contributed by atoms with Gasteiger partial charge >= 0.3 is 0 Å². The molecule has 2 atom stereocenters. The Bertz CT molecular complexity index is 1590. The minimum Gasteiger partial charge on any atom is -0.457 e. The van der Waals surface area contributed by atoms with E-state index in [9.17, 15) is 0 Å². The normalized spacial score (nSPS) is 19.6. The van der Waals surface area contributed by atoms with Gasteiger partial charge in [0.15, 0.2) is 5.11 Å². The summed E-state index contributed by atoms with van der Waals surface area (Å²) >= 11 is 13.1. The summed E-state index contributed by atoms with van der Waals surface area (Å²) in [4.78, 5) is 9.11. The van der Waals surface area contributed by atoms with Crippen LogP contribution in [0.1, 0.15) is 49.7 Å². The first-order valence-electron chi connectivity index (χ1n) is 13.3. The van der Waals surface area contributed by atoms with E-state index in [1.807, 2.05) is 79.0 Å². The Morgan fingerprint density at radius 3 is 2.35 bits per heavy atom. The van der Waals surface area contributed by atoms with Gasteiger partial charge in [0.2, 0.25) is 0 Å². The molecule has 0 saturated carbocycles. The van der Waals surface area contributed by atoms with Crippen molar-refractivity contribution in [2.75, 3.05) is 16.8 Å². The predicted molar refractivity (Wildman–Crippen MR) is 168 cm³/mol. The standard InChI is InChI=1S/C33H31ClN4OS/c1-21-20-33(2,3)37(4)29-19-27(34)26(18-25(21)29)31-30(28-12-8-9-17-35-28)36-32(40)38(31)22-13-15-24(16-14-22)39-23-10-6-5-7-11-23/h5-20,30-31H,1-4H3,(H,36,40). The fourth-order valence-corrected chi connectivity index (χ4v) is 6.28. The zero-order valence-corrected chi connectivity index (χ0v) is 24.5. The van der Waals surface area contributed by atoms with E-state index in [-0.39, 0.29) is 17.6 Å². The van der Waals surface area contributed by atoms with Crippen LogP contribution in [0.4, 0.5) is 11.4 Å². The number of fused-ring (bicyclic) bond motifs is 1. The Labute approximate surface area is 246 Å². The number of benzene rings is 3. The highest BCUT2D eigenvalue weighted by molar-refractivity contribution is 7.80. The summed E-state index contributed by atoms with van der Waals surface area (Å²) in [5.74, 6) is 1.54. The third-order valence-corrected chi connectivity index (χ3v) is 8.49. The van der Waals surface area contributed by atoms with Crippen molar-refractivity contribution in [1.29, 1.82) is 0 Å². The number of nitrogens with one attached hydrogen (secondary N) is 1. The van der Waals surface area contributed by atoms with Crippen molar-refractivity contribution in [3.63, 3.8) is 0 Å². The number of nitrogens with zero attached hydrogens (tertiary/aromatic N) is 3. The van der Waals surface area contributed by atoms with E-state index < -0.39 is 0 Å². The second-order valence-electron chi connectivity index (χ2n) is 10.8. The zero-order chi connectivity index (χ0) is 28.0. The highest BCUT2D eigenvalue weighted by atomic mass is 35.5. The number of allylic oxidation sites excluding steroid dienone is 1. The maximum absolute atomic E-state index is 7.13. The maximum Gasteiger partial charge on any atom is 0.174 e. The van der Waals surface area contributed by atoms with Crippen molar-refractivity contribution in [2.24, 2.45) is 0 Å². The number of aromatic nitrogens is 1. The van der Waals surface area contributed by atoms with Gasteiger partial charge in [-0.25, -0.2) is 0 Å². The number of pyridine rings is 1. The predicted octanol–water partition coefficient (Wildman–Crippen LogP) is 8.34. The first-order valence-corrected chi connectivity index (χ1v) is 14.1. The number of halogens is 1. The smallest absolute Gasteiger partial charge is 0.174 e. The fraction of sp³-hybridized carbons (Fsp3) is 0.212. The van der Waals surface area contributed by atoms with Crippen LogP contribution in [0.3, 0.4) is 0 Å². The fourth-order valence-electron chi connectivity index (χ4n) is 5.66. The van der Waals surface area contributed by atoms with Crippen molar-refractivity contribution >= 4 is 45.9 Å². The molecule has 7 heteroatoms. The Morgan fingerprint density at radius 2 is 1.65 bits per heavy atom. The highest BCUT2D eigenvalue weighted by Crippen LogP contribution is 2.48. The van der Waals surface area contributed by atoms with E-state index in [1.165, 1.54) is 11.1 Å². The average molecular weight is 567 g/mol. The molecule has 6 rings (SSSR count). The van der Waals surface area contributed by atoms with E-state index in [0.717, 1.165) is 34.1 Å². The van der Waals surface area contributed by atoms with Gasteiger partial charge in [0.1, 0.15) is 11.5 Å². The number of anilines is 2. The lowest BCUT2D eigenvalue weighted by molar-refractivity contribution is 0.482. The molecule has 2 unspecified atom stereocenters. The lowest BCUT2D eigenvalue weighted by Crippen LogP contribution is -2.42. The Morgan fingerprint density at radius 1 is 0.950 bits per heavy atom. The number of para-hydroxylation sites is 1. The third-order valence-electron chi connectivity index (χ3n) is 7.85. The molecule has 0 amide bonds. The highest BCUT2D eigenvalue weighted by Gasteiger charge is 2.42. The molecule has 0 bridgehead atoms. The number of thiocarbonyl (C=S) groups is 1. The second kappa shape index (κ2) is 10.3. The minimum atomic E-state index is -0.214. The number of rotatable bonds is 5. The van der Waals surface area contributed by atoms with Crippen LogP contribution in [0.25, 0.3) is 5.57 Å². The van der Waals surface area contributed by atoms with E-state index >= 15 is 0 Å². The van der Waals surface area contributed by atoms with Gasteiger partial charge in [0, 0.05) is 35.2 Å². The molecule has 3 aromatic carbocycles. The topological polar surface area (TPSA) is 40.6 Å². The SMILES string of the molecule is CC1=CC(C)(C)N(C)c2cc(Cl)c(C3C(c4ccccn4)NC(=S)N3c3ccc(Oc4ccccc4)cc3)cc21. The molecule has 0 radical (unpaired) electrons. The molecule has 2 aliphatic heterocycles. The Kier molecular flexibility index (Phi) is 6.77. The molecule has 5 nitrogen and oxygen atoms in total. The Balaban J connectivity index is 1.44. The van der Waals surface area contributed by atoms with E-state index in [1.54, 1.807) is 0 Å². The van der Waals surface area contributed by atoms with Gasteiger partial charge in [-0.05, 0) is 105 Å². The quantitative estimate of drug-likeness (QED) is 0.245. The molecule has 0 aliphatic carbocycles. The molecule has 0 spiro atoms. The number of hydrogen-bond acceptors (Lipinski definition) is 4. The summed E-state index contributed by atoms with van der Waals surface area (Å²) < 4.78 is 6.04. The summed E-state index contributed by atoms with van der Waals surface area (Å²) in [5.41, 5.74) is 6.26. The summed E-state index contributed by atoms with van der Waals surface area (Å²) in [6.07, 6.45) is 4.12. The van der Waals surface area contributed by atoms with E-state index in [4.69, 9.17) is 33.5 Å². The molecular formula is C33H31ClN4OS. The number of ether oxygens (including phenoxy) is 1. The number of hydrogen-bond donors (Lipinski definition) is 1. The molecule has 3 heterocycles. The van der Waals surface area contributed by atoms with E-state index in [0.29, 0.717) is 10.1 Å². The lowest BCUT2D eigenvalue weighted by atomic mass is 9.86. The van der Waals surface area contributed by atoms with Crippen molar-refractivity contribution in [3.05, 3.63) is 119 Å². The minimum absolute atomic E-state index is 0.107. The zero-order valence-electron chi connectivity index (χ0n) is 22.9. The van der Waals surface area contributed by atoms with Gasteiger partial charge in [-0.15, -0.1) is 0 Å². The van der Waals surface area contributed by atoms with Crippen LogP contribution >= 0.6 is 23.8 Å². The third kappa shape index (κ3) is 4.72.